The summed E-state index contributed by atoms with van der Waals surface area (Å²) in [5.74, 6) is -1.10. The quantitative estimate of drug-likeness (QED) is 0.334. The summed E-state index contributed by atoms with van der Waals surface area (Å²) in [6, 6.07) is 16.9. The maximum absolute atomic E-state index is 13.9. The van der Waals surface area contributed by atoms with E-state index in [-0.39, 0.29) is 17.2 Å². The van der Waals surface area contributed by atoms with Crippen molar-refractivity contribution in [2.45, 2.75) is 6.61 Å². The van der Waals surface area contributed by atoms with Crippen LogP contribution < -0.4 is 0 Å². The van der Waals surface area contributed by atoms with Gasteiger partial charge in [-0.15, -0.1) is 11.3 Å². The van der Waals surface area contributed by atoms with E-state index in [4.69, 9.17) is 27.9 Å². The van der Waals surface area contributed by atoms with Gasteiger partial charge in [0.05, 0.1) is 31.0 Å². The lowest BCUT2D eigenvalue weighted by Gasteiger charge is -2.10. The standard InChI is InChI=1S/C21H12Cl2FNO2S/c22-15-5-3-6-16(24)14(15)11-27-21(26)13-10-18(19-8-9-20(23)28-19)25-17-7-2-1-4-12(13)17/h1-10H,11H2. The maximum atomic E-state index is 13.9. The number of benzene rings is 2. The number of carbonyl (C=O) groups excluding carboxylic acids is 1. The monoisotopic (exact) mass is 431 g/mol. The Morgan fingerprint density at radius 3 is 2.64 bits per heavy atom. The molecule has 3 nitrogen and oxygen atoms in total. The highest BCUT2D eigenvalue weighted by atomic mass is 35.5. The van der Waals surface area contributed by atoms with Crippen LogP contribution in [0.3, 0.4) is 0 Å². The van der Waals surface area contributed by atoms with Gasteiger partial charge in [0.15, 0.2) is 0 Å². The molecule has 2 heterocycles. The zero-order valence-electron chi connectivity index (χ0n) is 14.3. The van der Waals surface area contributed by atoms with E-state index in [9.17, 15) is 9.18 Å². The molecule has 2 aromatic heterocycles. The molecule has 28 heavy (non-hydrogen) atoms. The number of carbonyl (C=O) groups is 1. The lowest BCUT2D eigenvalue weighted by atomic mass is 10.1. The lowest BCUT2D eigenvalue weighted by molar-refractivity contribution is 0.0471. The fraction of sp³-hybridized carbons (Fsp3) is 0.0476. The van der Waals surface area contributed by atoms with Gasteiger partial charge in [-0.05, 0) is 36.4 Å². The summed E-state index contributed by atoms with van der Waals surface area (Å²) in [6.07, 6.45) is 0. The molecule has 0 saturated carbocycles. The highest BCUT2D eigenvalue weighted by Crippen LogP contribution is 2.32. The van der Waals surface area contributed by atoms with Crippen molar-refractivity contribution in [1.82, 2.24) is 4.98 Å². The maximum Gasteiger partial charge on any atom is 0.339 e. The third-order valence-corrected chi connectivity index (χ3v) is 5.78. The van der Waals surface area contributed by atoms with Crippen LogP contribution in [0.25, 0.3) is 21.5 Å². The number of esters is 1. The molecule has 0 atom stereocenters. The molecule has 0 spiro atoms. The van der Waals surface area contributed by atoms with Gasteiger partial charge in [-0.2, -0.15) is 0 Å². The third kappa shape index (κ3) is 3.74. The minimum atomic E-state index is -0.582. The molecule has 0 aliphatic heterocycles. The molecule has 0 N–H and O–H groups in total. The van der Waals surface area contributed by atoms with Gasteiger partial charge in [-0.1, -0.05) is 47.5 Å². The fourth-order valence-corrected chi connectivity index (χ4v) is 4.03. The Morgan fingerprint density at radius 1 is 1.07 bits per heavy atom. The molecule has 0 bridgehead atoms. The number of para-hydroxylation sites is 1. The number of halogens is 3. The number of hydrogen-bond donors (Lipinski definition) is 0. The van der Waals surface area contributed by atoms with Crippen molar-refractivity contribution in [2.24, 2.45) is 0 Å². The van der Waals surface area contributed by atoms with Crippen molar-refractivity contribution in [3.63, 3.8) is 0 Å². The average molecular weight is 432 g/mol. The molecule has 140 valence electrons. The summed E-state index contributed by atoms with van der Waals surface area (Å²) < 4.78 is 19.9. The first-order valence-electron chi connectivity index (χ1n) is 8.28. The molecule has 4 aromatic rings. The van der Waals surface area contributed by atoms with Gasteiger partial charge in [-0.3, -0.25) is 0 Å². The molecule has 0 amide bonds. The molecular formula is C21H12Cl2FNO2S. The number of nitrogens with zero attached hydrogens (tertiary/aromatic N) is 1. The van der Waals surface area contributed by atoms with Crippen LogP contribution in [0.5, 0.6) is 0 Å². The second kappa shape index (κ2) is 7.87. The molecule has 0 unspecified atom stereocenters. The molecule has 7 heteroatoms. The van der Waals surface area contributed by atoms with Gasteiger partial charge in [0.2, 0.25) is 0 Å². The number of hydrogen-bond acceptors (Lipinski definition) is 4. The van der Waals surface area contributed by atoms with Crippen molar-refractivity contribution in [1.29, 1.82) is 0 Å². The predicted octanol–water partition coefficient (Wildman–Crippen LogP) is 6.77. The van der Waals surface area contributed by atoms with Gasteiger partial charge in [0, 0.05) is 10.9 Å². The predicted molar refractivity (Wildman–Crippen MR) is 111 cm³/mol. The summed E-state index contributed by atoms with van der Waals surface area (Å²) in [6.45, 7) is -0.263. The zero-order chi connectivity index (χ0) is 19.7. The normalized spacial score (nSPS) is 11.0. The van der Waals surface area contributed by atoms with Crippen LogP contribution >= 0.6 is 34.5 Å². The van der Waals surface area contributed by atoms with E-state index in [1.54, 1.807) is 24.3 Å². The van der Waals surface area contributed by atoms with E-state index in [0.717, 1.165) is 4.88 Å². The van der Waals surface area contributed by atoms with Crippen molar-refractivity contribution in [3.8, 4) is 10.6 Å². The van der Waals surface area contributed by atoms with Gasteiger partial charge >= 0.3 is 5.97 Å². The first-order chi connectivity index (χ1) is 13.5. The highest BCUT2D eigenvalue weighted by Gasteiger charge is 2.17. The molecular weight excluding hydrogens is 420 g/mol. The molecule has 0 aliphatic rings. The van der Waals surface area contributed by atoms with Gasteiger partial charge in [0.25, 0.3) is 0 Å². The van der Waals surface area contributed by atoms with Crippen LogP contribution in [0.1, 0.15) is 15.9 Å². The molecule has 4 rings (SSSR count). The van der Waals surface area contributed by atoms with Crippen molar-refractivity contribution in [3.05, 3.63) is 87.0 Å². The van der Waals surface area contributed by atoms with Crippen molar-refractivity contribution >= 4 is 51.4 Å². The number of ether oxygens (including phenoxy) is 1. The number of rotatable bonds is 4. The van der Waals surface area contributed by atoms with Crippen LogP contribution in [-0.4, -0.2) is 11.0 Å². The Bertz CT molecular complexity index is 1170. The summed E-state index contributed by atoms with van der Waals surface area (Å²) in [5, 5.41) is 0.861. The second-order valence-electron chi connectivity index (χ2n) is 5.95. The van der Waals surface area contributed by atoms with Crippen molar-refractivity contribution in [2.75, 3.05) is 0 Å². The largest absolute Gasteiger partial charge is 0.457 e. The van der Waals surface area contributed by atoms with Gasteiger partial charge in [-0.25, -0.2) is 14.2 Å². The fourth-order valence-electron chi connectivity index (χ4n) is 2.81. The van der Waals surface area contributed by atoms with Gasteiger partial charge in [0.1, 0.15) is 12.4 Å². The zero-order valence-corrected chi connectivity index (χ0v) is 16.6. The molecule has 0 aliphatic carbocycles. The Balaban J connectivity index is 1.71. The Morgan fingerprint density at radius 2 is 1.89 bits per heavy atom. The molecule has 2 aromatic carbocycles. The van der Waals surface area contributed by atoms with Crippen molar-refractivity contribution < 1.29 is 13.9 Å². The van der Waals surface area contributed by atoms with E-state index < -0.39 is 11.8 Å². The second-order valence-corrected chi connectivity index (χ2v) is 8.07. The SMILES string of the molecule is O=C(OCc1c(F)cccc1Cl)c1cc(-c2ccc(Cl)s2)nc2ccccc12. The van der Waals surface area contributed by atoms with E-state index >= 15 is 0 Å². The minimum Gasteiger partial charge on any atom is -0.457 e. The Hall–Kier alpha value is -2.47. The first-order valence-corrected chi connectivity index (χ1v) is 9.85. The summed E-state index contributed by atoms with van der Waals surface area (Å²) in [7, 11) is 0. The summed E-state index contributed by atoms with van der Waals surface area (Å²) >= 11 is 13.4. The van der Waals surface area contributed by atoms with E-state index in [0.29, 0.717) is 26.5 Å². The van der Waals surface area contributed by atoms with E-state index in [1.165, 1.54) is 23.5 Å². The number of fused-ring (bicyclic) bond motifs is 1. The Kier molecular flexibility index (Phi) is 5.31. The minimum absolute atomic E-state index is 0.140. The molecule has 0 saturated heterocycles. The van der Waals surface area contributed by atoms with Crippen LogP contribution in [0.2, 0.25) is 9.36 Å². The van der Waals surface area contributed by atoms with Crippen LogP contribution in [0.15, 0.2) is 60.7 Å². The Labute approximate surface area is 174 Å². The average Bonchev–Trinajstić information content (AvgIpc) is 3.13. The molecule has 0 fully saturated rings. The highest BCUT2D eigenvalue weighted by molar-refractivity contribution is 7.19. The topological polar surface area (TPSA) is 39.2 Å². The van der Waals surface area contributed by atoms with Crippen LogP contribution in [0.4, 0.5) is 4.39 Å². The number of aromatic nitrogens is 1. The van der Waals surface area contributed by atoms with Crippen LogP contribution in [0, 0.1) is 5.82 Å². The smallest absolute Gasteiger partial charge is 0.339 e. The first kappa shape index (κ1) is 18.9. The summed E-state index contributed by atoms with van der Waals surface area (Å²) in [5.41, 5.74) is 1.76. The van der Waals surface area contributed by atoms with E-state index in [1.807, 2.05) is 24.3 Å². The van der Waals surface area contributed by atoms with Gasteiger partial charge < -0.3 is 4.74 Å². The molecule has 0 radical (unpaired) electrons. The number of thiophene rings is 1. The number of pyridine rings is 1. The van der Waals surface area contributed by atoms with Crippen LogP contribution in [-0.2, 0) is 11.3 Å². The summed E-state index contributed by atoms with van der Waals surface area (Å²) in [4.78, 5) is 18.3. The third-order valence-electron chi connectivity index (χ3n) is 4.17. The lowest BCUT2D eigenvalue weighted by Crippen LogP contribution is -2.08. The van der Waals surface area contributed by atoms with E-state index in [2.05, 4.69) is 4.98 Å².